The van der Waals surface area contributed by atoms with Crippen LogP contribution in [-0.2, 0) is 22.9 Å². The third-order valence-electron chi connectivity index (χ3n) is 4.47. The third-order valence-corrected chi connectivity index (χ3v) is 5.81. The first-order valence-corrected chi connectivity index (χ1v) is 10.4. The SMILES string of the molecule is CCc1cccc(CC)c1NC(N)=NC[C@H]1CCCN1S(C)(=O)=O.I. The van der Waals surface area contributed by atoms with Crippen LogP contribution in [0.2, 0.25) is 0 Å². The molecule has 6 nitrogen and oxygen atoms in total. The number of aliphatic imine (C=N–C) groups is 1. The van der Waals surface area contributed by atoms with E-state index in [9.17, 15) is 8.42 Å². The number of guanidine groups is 1. The number of nitrogens with two attached hydrogens (primary N) is 1. The second kappa shape index (κ2) is 9.72. The second-order valence-electron chi connectivity index (χ2n) is 6.18. The molecule has 1 aliphatic rings. The highest BCUT2D eigenvalue weighted by Crippen LogP contribution is 2.23. The zero-order valence-electron chi connectivity index (χ0n) is 15.2. The van der Waals surface area contributed by atoms with Crippen molar-refractivity contribution < 1.29 is 8.42 Å². The average Bonchev–Trinajstić information content (AvgIpc) is 3.02. The van der Waals surface area contributed by atoms with Gasteiger partial charge in [0.25, 0.3) is 0 Å². The summed E-state index contributed by atoms with van der Waals surface area (Å²) < 4.78 is 25.1. The van der Waals surface area contributed by atoms with Gasteiger partial charge in [-0.25, -0.2) is 8.42 Å². The first-order chi connectivity index (χ1) is 11.4. The topological polar surface area (TPSA) is 87.8 Å². The Kier molecular flexibility index (Phi) is 8.62. The van der Waals surface area contributed by atoms with Gasteiger partial charge in [-0.15, -0.1) is 24.0 Å². The molecule has 1 fully saturated rings. The minimum Gasteiger partial charge on any atom is -0.370 e. The molecule has 0 bridgehead atoms. The lowest BCUT2D eigenvalue weighted by Gasteiger charge is -2.21. The van der Waals surface area contributed by atoms with Gasteiger partial charge in [0, 0.05) is 18.3 Å². The number of hydrogen-bond acceptors (Lipinski definition) is 3. The lowest BCUT2D eigenvalue weighted by molar-refractivity contribution is 0.397. The van der Waals surface area contributed by atoms with Crippen molar-refractivity contribution in [3.8, 4) is 0 Å². The van der Waals surface area contributed by atoms with Crippen molar-refractivity contribution in [2.75, 3.05) is 24.7 Å². The summed E-state index contributed by atoms with van der Waals surface area (Å²) in [6.45, 7) is 5.18. The molecule has 1 aromatic rings. The van der Waals surface area contributed by atoms with E-state index in [1.165, 1.54) is 21.7 Å². The van der Waals surface area contributed by atoms with E-state index in [4.69, 9.17) is 5.73 Å². The highest BCUT2D eigenvalue weighted by atomic mass is 127. The number of aryl methyl sites for hydroxylation is 2. The third kappa shape index (κ3) is 5.82. The summed E-state index contributed by atoms with van der Waals surface area (Å²) in [5, 5.41) is 3.22. The highest BCUT2D eigenvalue weighted by Gasteiger charge is 2.31. The maximum atomic E-state index is 11.8. The molecule has 0 saturated carbocycles. The van der Waals surface area contributed by atoms with Crippen LogP contribution in [0.25, 0.3) is 0 Å². The molecule has 0 aromatic heterocycles. The molecular weight excluding hydrogens is 451 g/mol. The second-order valence-corrected chi connectivity index (χ2v) is 8.11. The predicted octanol–water partition coefficient (Wildman–Crippen LogP) is 2.58. The minimum absolute atomic E-state index is 0. The molecule has 1 atom stereocenters. The molecule has 1 saturated heterocycles. The van der Waals surface area contributed by atoms with Gasteiger partial charge < -0.3 is 11.1 Å². The van der Waals surface area contributed by atoms with Gasteiger partial charge in [0.2, 0.25) is 10.0 Å². The molecule has 2 rings (SSSR count). The van der Waals surface area contributed by atoms with Gasteiger partial charge in [0.15, 0.2) is 5.96 Å². The summed E-state index contributed by atoms with van der Waals surface area (Å²) in [6.07, 6.45) is 4.78. The van der Waals surface area contributed by atoms with Gasteiger partial charge in [0.1, 0.15) is 0 Å². The van der Waals surface area contributed by atoms with Gasteiger partial charge in [-0.3, -0.25) is 4.99 Å². The highest BCUT2D eigenvalue weighted by molar-refractivity contribution is 14.0. The molecule has 0 spiro atoms. The van der Waals surface area contributed by atoms with Gasteiger partial charge in [-0.2, -0.15) is 4.31 Å². The number of rotatable bonds is 6. The van der Waals surface area contributed by atoms with Crippen LogP contribution in [0, 0.1) is 0 Å². The quantitative estimate of drug-likeness (QED) is 0.372. The van der Waals surface area contributed by atoms with Gasteiger partial charge >= 0.3 is 0 Å². The number of halogens is 1. The molecule has 1 aliphatic heterocycles. The standard InChI is InChI=1S/C17H28N4O2S.HI/c1-4-13-8-6-9-14(5-2)16(13)20-17(18)19-12-15-10-7-11-21(15)24(3,22)23;/h6,8-9,15H,4-5,7,10-12H2,1-3H3,(H3,18,19,20);1H/t15-;/m1./s1. The Morgan fingerprint density at radius 2 is 1.92 bits per heavy atom. The fourth-order valence-corrected chi connectivity index (χ4v) is 4.38. The normalized spacial score (nSPS) is 18.8. The fourth-order valence-electron chi connectivity index (χ4n) is 3.20. The first kappa shape index (κ1) is 22.2. The van der Waals surface area contributed by atoms with E-state index in [0.717, 1.165) is 31.4 Å². The summed E-state index contributed by atoms with van der Waals surface area (Å²) >= 11 is 0. The predicted molar refractivity (Wildman–Crippen MR) is 115 cm³/mol. The average molecular weight is 480 g/mol. The number of nitrogens with zero attached hydrogens (tertiary/aromatic N) is 2. The van der Waals surface area contributed by atoms with E-state index < -0.39 is 10.0 Å². The maximum Gasteiger partial charge on any atom is 0.211 e. The van der Waals surface area contributed by atoms with Crippen molar-refractivity contribution in [3.05, 3.63) is 29.3 Å². The molecule has 25 heavy (non-hydrogen) atoms. The molecule has 0 aliphatic carbocycles. The van der Waals surface area contributed by atoms with E-state index in [-0.39, 0.29) is 30.0 Å². The number of sulfonamides is 1. The number of benzene rings is 1. The zero-order valence-corrected chi connectivity index (χ0v) is 18.3. The van der Waals surface area contributed by atoms with Gasteiger partial charge in [-0.05, 0) is 36.8 Å². The van der Waals surface area contributed by atoms with Crippen LogP contribution >= 0.6 is 24.0 Å². The number of anilines is 1. The van der Waals surface area contributed by atoms with Crippen molar-refractivity contribution in [2.45, 2.75) is 45.6 Å². The van der Waals surface area contributed by atoms with E-state index in [0.29, 0.717) is 19.0 Å². The van der Waals surface area contributed by atoms with Crippen LogP contribution < -0.4 is 11.1 Å². The Morgan fingerprint density at radius 1 is 1.32 bits per heavy atom. The van der Waals surface area contributed by atoms with E-state index in [1.54, 1.807) is 0 Å². The first-order valence-electron chi connectivity index (χ1n) is 8.51. The minimum atomic E-state index is -3.18. The Morgan fingerprint density at radius 3 is 2.44 bits per heavy atom. The Balaban J connectivity index is 0.00000312. The summed E-state index contributed by atoms with van der Waals surface area (Å²) in [7, 11) is -3.18. The van der Waals surface area contributed by atoms with Gasteiger partial charge in [0.05, 0.1) is 12.8 Å². The van der Waals surface area contributed by atoms with Crippen LogP contribution in [0.1, 0.15) is 37.8 Å². The maximum absolute atomic E-state index is 11.8. The molecule has 1 heterocycles. The number of nitrogens with one attached hydrogen (secondary N) is 1. The molecule has 0 unspecified atom stereocenters. The summed E-state index contributed by atoms with van der Waals surface area (Å²) in [5.74, 6) is 0.339. The van der Waals surface area contributed by atoms with Crippen LogP contribution in [0.3, 0.4) is 0 Å². The monoisotopic (exact) mass is 480 g/mol. The molecule has 1 aromatic carbocycles. The number of para-hydroxylation sites is 1. The lowest BCUT2D eigenvalue weighted by atomic mass is 10.0. The largest absolute Gasteiger partial charge is 0.370 e. The molecule has 3 N–H and O–H groups in total. The molecule has 0 radical (unpaired) electrons. The van der Waals surface area contributed by atoms with E-state index in [2.05, 4.69) is 42.4 Å². The summed E-state index contributed by atoms with van der Waals surface area (Å²) in [5.41, 5.74) is 9.48. The summed E-state index contributed by atoms with van der Waals surface area (Å²) in [4.78, 5) is 4.39. The molecule has 0 amide bonds. The lowest BCUT2D eigenvalue weighted by Crippen LogP contribution is -2.37. The summed E-state index contributed by atoms with van der Waals surface area (Å²) in [6, 6.07) is 6.12. The Labute approximate surface area is 168 Å². The Hall–Kier alpha value is -0.870. The Bertz CT molecular complexity index is 684. The van der Waals surface area contributed by atoms with Crippen molar-refractivity contribution in [1.29, 1.82) is 0 Å². The van der Waals surface area contributed by atoms with Crippen LogP contribution in [0.5, 0.6) is 0 Å². The van der Waals surface area contributed by atoms with Crippen LogP contribution in [0.4, 0.5) is 5.69 Å². The van der Waals surface area contributed by atoms with Crippen LogP contribution in [-0.4, -0.2) is 44.1 Å². The molecule has 8 heteroatoms. The zero-order chi connectivity index (χ0) is 17.7. The van der Waals surface area contributed by atoms with Crippen molar-refractivity contribution in [3.63, 3.8) is 0 Å². The van der Waals surface area contributed by atoms with E-state index >= 15 is 0 Å². The van der Waals surface area contributed by atoms with Crippen molar-refractivity contribution in [2.24, 2.45) is 10.7 Å². The van der Waals surface area contributed by atoms with Crippen LogP contribution in [0.15, 0.2) is 23.2 Å². The smallest absolute Gasteiger partial charge is 0.211 e. The molecule has 142 valence electrons. The fraction of sp³-hybridized carbons (Fsp3) is 0.588. The number of hydrogen-bond donors (Lipinski definition) is 2. The van der Waals surface area contributed by atoms with Gasteiger partial charge in [-0.1, -0.05) is 32.0 Å². The van der Waals surface area contributed by atoms with E-state index in [1.807, 2.05) is 0 Å². The van der Waals surface area contributed by atoms with Crippen molar-refractivity contribution >= 4 is 45.6 Å². The molecular formula is C17H29IN4O2S. The van der Waals surface area contributed by atoms with Crippen molar-refractivity contribution in [1.82, 2.24) is 4.31 Å².